The topological polar surface area (TPSA) is 57.6 Å². The van der Waals surface area contributed by atoms with Gasteiger partial charge < -0.3 is 5.11 Å². The highest BCUT2D eigenvalue weighted by Crippen LogP contribution is 2.25. The van der Waals surface area contributed by atoms with Gasteiger partial charge in [-0.3, -0.25) is 0 Å². The lowest BCUT2D eigenvalue weighted by Gasteiger charge is -2.31. The Bertz CT molecular complexity index is 523. The quantitative estimate of drug-likeness (QED) is 0.904. The number of hydrogen-bond acceptors (Lipinski definition) is 3. The zero-order chi connectivity index (χ0) is 14.6. The summed E-state index contributed by atoms with van der Waals surface area (Å²) in [5, 5.41) is 9.01. The van der Waals surface area contributed by atoms with Crippen molar-refractivity contribution in [1.82, 2.24) is 4.31 Å². The third kappa shape index (κ3) is 3.40. The van der Waals surface area contributed by atoms with Crippen molar-refractivity contribution < 1.29 is 13.5 Å². The molecule has 0 radical (unpaired) electrons. The van der Waals surface area contributed by atoms with E-state index >= 15 is 0 Å². The summed E-state index contributed by atoms with van der Waals surface area (Å²) in [6, 6.07) is 7.15. The number of aryl methyl sites for hydroxylation is 1. The molecule has 0 spiro atoms. The van der Waals surface area contributed by atoms with Crippen molar-refractivity contribution >= 4 is 10.0 Å². The monoisotopic (exact) mass is 297 g/mol. The van der Waals surface area contributed by atoms with E-state index in [0.717, 1.165) is 24.8 Å². The highest BCUT2D eigenvalue weighted by atomic mass is 32.2. The van der Waals surface area contributed by atoms with E-state index in [-0.39, 0.29) is 12.5 Å². The Morgan fingerprint density at radius 3 is 2.60 bits per heavy atom. The maximum Gasteiger partial charge on any atom is 0.243 e. The van der Waals surface area contributed by atoms with Crippen LogP contribution in [0.2, 0.25) is 0 Å². The van der Waals surface area contributed by atoms with Crippen LogP contribution in [-0.4, -0.2) is 37.5 Å². The largest absolute Gasteiger partial charge is 0.396 e. The molecule has 0 saturated carbocycles. The summed E-state index contributed by atoms with van der Waals surface area (Å²) in [5.41, 5.74) is 1.14. The number of nitrogens with zero attached hydrogens (tertiary/aromatic N) is 1. The van der Waals surface area contributed by atoms with E-state index in [4.69, 9.17) is 5.11 Å². The number of hydrogen-bond donors (Lipinski definition) is 1. The lowest BCUT2D eigenvalue weighted by atomic mass is 9.97. The van der Waals surface area contributed by atoms with Crippen LogP contribution in [0.1, 0.15) is 31.7 Å². The minimum Gasteiger partial charge on any atom is -0.396 e. The molecule has 1 unspecified atom stereocenters. The van der Waals surface area contributed by atoms with Crippen molar-refractivity contribution in [2.75, 3.05) is 19.7 Å². The summed E-state index contributed by atoms with van der Waals surface area (Å²) in [4.78, 5) is 0.374. The first-order valence-corrected chi connectivity index (χ1v) is 8.72. The van der Waals surface area contributed by atoms with Crippen molar-refractivity contribution in [2.45, 2.75) is 37.5 Å². The number of piperidine rings is 1. The van der Waals surface area contributed by atoms with Gasteiger partial charge in [0.05, 0.1) is 4.90 Å². The van der Waals surface area contributed by atoms with Crippen molar-refractivity contribution in [2.24, 2.45) is 5.92 Å². The predicted molar refractivity (Wildman–Crippen MR) is 79.0 cm³/mol. The Balaban J connectivity index is 2.16. The highest BCUT2D eigenvalue weighted by Gasteiger charge is 2.29. The van der Waals surface area contributed by atoms with Crippen LogP contribution in [0.4, 0.5) is 0 Å². The van der Waals surface area contributed by atoms with E-state index in [2.05, 4.69) is 0 Å². The van der Waals surface area contributed by atoms with E-state index in [0.29, 0.717) is 24.4 Å². The Labute approximate surface area is 121 Å². The van der Waals surface area contributed by atoms with Gasteiger partial charge in [0.15, 0.2) is 0 Å². The van der Waals surface area contributed by atoms with Crippen LogP contribution >= 0.6 is 0 Å². The number of sulfonamides is 1. The van der Waals surface area contributed by atoms with Crippen molar-refractivity contribution in [3.05, 3.63) is 29.8 Å². The molecule has 20 heavy (non-hydrogen) atoms. The smallest absolute Gasteiger partial charge is 0.243 e. The Kier molecular flexibility index (Phi) is 5.18. The van der Waals surface area contributed by atoms with Gasteiger partial charge in [0, 0.05) is 19.7 Å². The van der Waals surface area contributed by atoms with Gasteiger partial charge in [0.2, 0.25) is 10.0 Å². The SMILES string of the molecule is CCc1ccc(S(=O)(=O)N2CCCC(CCO)C2)cc1. The molecule has 1 aromatic rings. The predicted octanol–water partition coefficient (Wildman–Crippen LogP) is 2.03. The number of rotatable bonds is 5. The van der Waals surface area contributed by atoms with Gasteiger partial charge in [-0.05, 0) is 49.3 Å². The summed E-state index contributed by atoms with van der Waals surface area (Å²) in [6.07, 6.45) is 3.46. The van der Waals surface area contributed by atoms with E-state index in [1.54, 1.807) is 16.4 Å². The third-order valence-electron chi connectivity index (χ3n) is 3.99. The van der Waals surface area contributed by atoms with Crippen LogP contribution in [0.3, 0.4) is 0 Å². The molecule has 5 heteroatoms. The molecule has 0 bridgehead atoms. The van der Waals surface area contributed by atoms with E-state index in [1.807, 2.05) is 19.1 Å². The van der Waals surface area contributed by atoms with Gasteiger partial charge in [0.25, 0.3) is 0 Å². The second-order valence-electron chi connectivity index (χ2n) is 5.38. The summed E-state index contributed by atoms with van der Waals surface area (Å²) in [5.74, 6) is 0.276. The van der Waals surface area contributed by atoms with E-state index in [1.165, 1.54) is 0 Å². The van der Waals surface area contributed by atoms with Gasteiger partial charge >= 0.3 is 0 Å². The molecule has 1 atom stereocenters. The lowest BCUT2D eigenvalue weighted by Crippen LogP contribution is -2.40. The molecule has 1 aliphatic heterocycles. The molecule has 1 aromatic carbocycles. The van der Waals surface area contributed by atoms with Crippen LogP contribution < -0.4 is 0 Å². The van der Waals surface area contributed by atoms with Crippen LogP contribution in [-0.2, 0) is 16.4 Å². The summed E-state index contributed by atoms with van der Waals surface area (Å²) in [6.45, 7) is 3.29. The molecule has 112 valence electrons. The van der Waals surface area contributed by atoms with Crippen molar-refractivity contribution in [1.29, 1.82) is 0 Å². The average molecular weight is 297 g/mol. The van der Waals surface area contributed by atoms with Crippen molar-refractivity contribution in [3.8, 4) is 0 Å². The Morgan fingerprint density at radius 1 is 1.30 bits per heavy atom. The molecular formula is C15H23NO3S. The zero-order valence-electron chi connectivity index (χ0n) is 12.0. The molecule has 0 amide bonds. The normalized spacial score (nSPS) is 21.0. The van der Waals surface area contributed by atoms with E-state index < -0.39 is 10.0 Å². The van der Waals surface area contributed by atoms with Gasteiger partial charge in [-0.2, -0.15) is 4.31 Å². The number of benzene rings is 1. The Morgan fingerprint density at radius 2 is 2.00 bits per heavy atom. The van der Waals surface area contributed by atoms with Crippen LogP contribution in [0, 0.1) is 5.92 Å². The van der Waals surface area contributed by atoms with Gasteiger partial charge in [-0.15, -0.1) is 0 Å². The van der Waals surface area contributed by atoms with E-state index in [9.17, 15) is 8.42 Å². The minimum atomic E-state index is -3.39. The third-order valence-corrected chi connectivity index (χ3v) is 5.87. The molecule has 1 saturated heterocycles. The highest BCUT2D eigenvalue weighted by molar-refractivity contribution is 7.89. The molecule has 1 N–H and O–H groups in total. The fraction of sp³-hybridized carbons (Fsp3) is 0.600. The molecular weight excluding hydrogens is 274 g/mol. The first-order chi connectivity index (χ1) is 9.57. The summed E-state index contributed by atoms with van der Waals surface area (Å²) < 4.78 is 26.8. The fourth-order valence-electron chi connectivity index (χ4n) is 2.71. The van der Waals surface area contributed by atoms with Gasteiger partial charge in [0.1, 0.15) is 0 Å². The molecule has 0 aromatic heterocycles. The van der Waals surface area contributed by atoms with Crippen LogP contribution in [0.5, 0.6) is 0 Å². The van der Waals surface area contributed by atoms with Gasteiger partial charge in [-0.1, -0.05) is 19.1 Å². The summed E-state index contributed by atoms with van der Waals surface area (Å²) in [7, 11) is -3.39. The first kappa shape index (κ1) is 15.5. The second kappa shape index (κ2) is 6.70. The number of aliphatic hydroxyl groups excluding tert-OH is 1. The first-order valence-electron chi connectivity index (χ1n) is 7.28. The minimum absolute atomic E-state index is 0.129. The zero-order valence-corrected chi connectivity index (χ0v) is 12.8. The Hall–Kier alpha value is -0.910. The summed E-state index contributed by atoms with van der Waals surface area (Å²) >= 11 is 0. The molecule has 2 rings (SSSR count). The molecule has 1 aliphatic rings. The fourth-order valence-corrected chi connectivity index (χ4v) is 4.26. The molecule has 0 aliphatic carbocycles. The maximum atomic E-state index is 12.6. The van der Waals surface area contributed by atoms with Crippen molar-refractivity contribution in [3.63, 3.8) is 0 Å². The molecule has 1 fully saturated rings. The number of aliphatic hydroxyl groups is 1. The average Bonchev–Trinajstić information content (AvgIpc) is 2.48. The lowest BCUT2D eigenvalue weighted by molar-refractivity contribution is 0.203. The van der Waals surface area contributed by atoms with Gasteiger partial charge in [-0.25, -0.2) is 8.42 Å². The van der Waals surface area contributed by atoms with Crippen LogP contribution in [0.15, 0.2) is 29.2 Å². The molecule has 1 heterocycles. The van der Waals surface area contributed by atoms with Crippen LogP contribution in [0.25, 0.3) is 0 Å². The standard InChI is InChI=1S/C15H23NO3S/c1-2-13-5-7-15(8-6-13)20(18,19)16-10-3-4-14(12-16)9-11-17/h5-8,14,17H,2-4,9-12H2,1H3. The maximum absolute atomic E-state index is 12.6. The molecule has 4 nitrogen and oxygen atoms in total. The second-order valence-corrected chi connectivity index (χ2v) is 7.32.